The first kappa shape index (κ1) is 17.0. The van der Waals surface area contributed by atoms with E-state index in [2.05, 4.69) is 14.7 Å². The van der Waals surface area contributed by atoms with E-state index in [1.54, 1.807) is 23.1 Å². The van der Waals surface area contributed by atoms with Gasteiger partial charge in [0.2, 0.25) is 5.91 Å². The maximum Gasteiger partial charge on any atom is 0.262 e. The van der Waals surface area contributed by atoms with Crippen molar-refractivity contribution in [3.8, 4) is 0 Å². The van der Waals surface area contributed by atoms with E-state index in [0.29, 0.717) is 24.7 Å². The van der Waals surface area contributed by atoms with E-state index in [1.807, 2.05) is 0 Å². The summed E-state index contributed by atoms with van der Waals surface area (Å²) >= 11 is 0. The normalized spacial score (nSPS) is 16.4. The lowest BCUT2D eigenvalue weighted by molar-refractivity contribution is -0.129. The summed E-state index contributed by atoms with van der Waals surface area (Å²) in [4.78, 5) is 21.9. The van der Waals surface area contributed by atoms with Crippen LogP contribution in [0.3, 0.4) is 0 Å². The van der Waals surface area contributed by atoms with E-state index in [1.165, 1.54) is 32.2 Å². The number of sulfonamides is 1. The second-order valence-corrected chi connectivity index (χ2v) is 8.63. The number of rotatable bonds is 5. The van der Waals surface area contributed by atoms with Gasteiger partial charge in [-0.3, -0.25) is 9.52 Å². The third-order valence-corrected chi connectivity index (χ3v) is 6.16. The minimum Gasteiger partial charge on any atom is -0.334 e. The standard InChI is InChI=1S/C18H20N4O3S/c1-12(23)22-10-14-4-5-17(7-15(14)11-22)26(24,25)21-16-8-19-18(20-9-16)6-13-2-3-13/h4-5,7-9,13,21H,2-3,6,10-11H2,1H3. The van der Waals surface area contributed by atoms with Crippen molar-refractivity contribution in [3.05, 3.63) is 47.5 Å². The molecule has 1 fully saturated rings. The highest BCUT2D eigenvalue weighted by Crippen LogP contribution is 2.31. The van der Waals surface area contributed by atoms with Gasteiger partial charge in [-0.15, -0.1) is 0 Å². The Kier molecular flexibility index (Phi) is 4.14. The van der Waals surface area contributed by atoms with Crippen LogP contribution < -0.4 is 4.72 Å². The number of hydrogen-bond acceptors (Lipinski definition) is 5. The summed E-state index contributed by atoms with van der Waals surface area (Å²) in [5.41, 5.74) is 2.18. The van der Waals surface area contributed by atoms with Crippen LogP contribution in [0.1, 0.15) is 36.7 Å². The van der Waals surface area contributed by atoms with Crippen molar-refractivity contribution in [2.24, 2.45) is 5.92 Å². The lowest BCUT2D eigenvalue weighted by Gasteiger charge is -2.11. The first-order valence-corrected chi connectivity index (χ1v) is 10.1. The summed E-state index contributed by atoms with van der Waals surface area (Å²) in [6, 6.07) is 4.96. The van der Waals surface area contributed by atoms with E-state index in [0.717, 1.165) is 23.4 Å². The molecule has 1 N–H and O–H groups in total. The number of carbonyl (C=O) groups is 1. The van der Waals surface area contributed by atoms with Crippen LogP contribution in [0.2, 0.25) is 0 Å². The number of anilines is 1. The Morgan fingerprint density at radius 1 is 1.19 bits per heavy atom. The zero-order valence-corrected chi connectivity index (χ0v) is 15.3. The number of nitrogens with one attached hydrogen (secondary N) is 1. The van der Waals surface area contributed by atoms with E-state index in [4.69, 9.17) is 0 Å². The van der Waals surface area contributed by atoms with Crippen LogP contribution in [0.15, 0.2) is 35.5 Å². The number of carbonyl (C=O) groups excluding carboxylic acids is 1. The number of nitrogens with zero attached hydrogens (tertiary/aromatic N) is 3. The molecule has 0 unspecified atom stereocenters. The van der Waals surface area contributed by atoms with Gasteiger partial charge in [-0.2, -0.15) is 0 Å². The zero-order chi connectivity index (χ0) is 18.3. The molecule has 1 aromatic carbocycles. The fourth-order valence-electron chi connectivity index (χ4n) is 3.07. The van der Waals surface area contributed by atoms with Crippen molar-refractivity contribution in [2.45, 2.75) is 44.2 Å². The molecule has 0 saturated heterocycles. The van der Waals surface area contributed by atoms with Crippen LogP contribution in [0.5, 0.6) is 0 Å². The smallest absolute Gasteiger partial charge is 0.262 e. The van der Waals surface area contributed by atoms with Crippen molar-refractivity contribution in [3.63, 3.8) is 0 Å². The predicted molar refractivity (Wildman–Crippen MR) is 95.6 cm³/mol. The van der Waals surface area contributed by atoms with Gasteiger partial charge in [0.25, 0.3) is 10.0 Å². The third kappa shape index (κ3) is 3.55. The molecule has 7 nitrogen and oxygen atoms in total. The van der Waals surface area contributed by atoms with Gasteiger partial charge in [-0.25, -0.2) is 18.4 Å². The second kappa shape index (κ2) is 6.35. The van der Waals surface area contributed by atoms with E-state index < -0.39 is 10.0 Å². The molecule has 1 aliphatic heterocycles. The largest absolute Gasteiger partial charge is 0.334 e. The van der Waals surface area contributed by atoms with Gasteiger partial charge in [-0.1, -0.05) is 6.07 Å². The molecule has 0 spiro atoms. The average molecular weight is 372 g/mol. The summed E-state index contributed by atoms with van der Waals surface area (Å²) < 4.78 is 27.8. The van der Waals surface area contributed by atoms with E-state index >= 15 is 0 Å². The number of hydrogen-bond donors (Lipinski definition) is 1. The summed E-state index contributed by atoms with van der Waals surface area (Å²) in [5, 5.41) is 0. The number of benzene rings is 1. The van der Waals surface area contributed by atoms with Crippen LogP contribution >= 0.6 is 0 Å². The molecule has 1 aromatic heterocycles. The van der Waals surface area contributed by atoms with Gasteiger partial charge < -0.3 is 4.90 Å². The highest BCUT2D eigenvalue weighted by Gasteiger charge is 2.25. The van der Waals surface area contributed by atoms with Crippen LogP contribution in [0.25, 0.3) is 0 Å². The molecule has 0 atom stereocenters. The topological polar surface area (TPSA) is 92.3 Å². The van der Waals surface area contributed by atoms with Crippen molar-refractivity contribution in [1.29, 1.82) is 0 Å². The zero-order valence-electron chi connectivity index (χ0n) is 14.5. The molecule has 4 rings (SSSR count). The lowest BCUT2D eigenvalue weighted by atomic mass is 10.1. The van der Waals surface area contributed by atoms with Crippen LogP contribution in [0.4, 0.5) is 5.69 Å². The Labute approximate surface area is 152 Å². The molecule has 1 aliphatic carbocycles. The first-order valence-electron chi connectivity index (χ1n) is 8.62. The molecule has 0 radical (unpaired) electrons. The summed E-state index contributed by atoms with van der Waals surface area (Å²) in [6.07, 6.45) is 6.30. The predicted octanol–water partition coefficient (Wildman–Crippen LogP) is 2.09. The minimum absolute atomic E-state index is 0.0211. The SMILES string of the molecule is CC(=O)N1Cc2ccc(S(=O)(=O)Nc3cnc(CC4CC4)nc3)cc2C1. The molecule has 2 heterocycles. The van der Waals surface area contributed by atoms with Crippen LogP contribution in [-0.4, -0.2) is 29.2 Å². The number of amides is 1. The molecule has 0 bridgehead atoms. The molecule has 8 heteroatoms. The molecule has 1 amide bonds. The van der Waals surface area contributed by atoms with Gasteiger partial charge >= 0.3 is 0 Å². The lowest BCUT2D eigenvalue weighted by Crippen LogP contribution is -2.21. The third-order valence-electron chi connectivity index (χ3n) is 4.78. The Hall–Kier alpha value is -2.48. The number of fused-ring (bicyclic) bond motifs is 1. The molecule has 2 aliphatic rings. The monoisotopic (exact) mass is 372 g/mol. The first-order chi connectivity index (χ1) is 12.4. The molecule has 2 aromatic rings. The van der Waals surface area contributed by atoms with Gasteiger partial charge in [0.1, 0.15) is 5.82 Å². The van der Waals surface area contributed by atoms with Crippen LogP contribution in [-0.2, 0) is 34.3 Å². The quantitative estimate of drug-likeness (QED) is 0.868. The van der Waals surface area contributed by atoms with Gasteiger partial charge in [0.05, 0.1) is 23.0 Å². The summed E-state index contributed by atoms with van der Waals surface area (Å²) in [6.45, 7) is 2.47. The highest BCUT2D eigenvalue weighted by molar-refractivity contribution is 7.92. The molecule has 1 saturated carbocycles. The number of aromatic nitrogens is 2. The van der Waals surface area contributed by atoms with E-state index in [-0.39, 0.29) is 10.8 Å². The van der Waals surface area contributed by atoms with Gasteiger partial charge in [0, 0.05) is 26.4 Å². The summed E-state index contributed by atoms with van der Waals surface area (Å²) in [7, 11) is -3.73. The van der Waals surface area contributed by atoms with Crippen LogP contribution in [0, 0.1) is 5.92 Å². The Balaban J connectivity index is 1.50. The van der Waals surface area contributed by atoms with Gasteiger partial charge in [-0.05, 0) is 42.0 Å². The van der Waals surface area contributed by atoms with Crippen molar-refractivity contribution >= 4 is 21.6 Å². The molecule has 26 heavy (non-hydrogen) atoms. The second-order valence-electron chi connectivity index (χ2n) is 6.95. The Morgan fingerprint density at radius 3 is 2.54 bits per heavy atom. The fraction of sp³-hybridized carbons (Fsp3) is 0.389. The maximum atomic E-state index is 12.6. The van der Waals surface area contributed by atoms with Gasteiger partial charge in [0.15, 0.2) is 0 Å². The molecular formula is C18H20N4O3S. The van der Waals surface area contributed by atoms with Crippen molar-refractivity contribution in [2.75, 3.05) is 4.72 Å². The molecular weight excluding hydrogens is 352 g/mol. The van der Waals surface area contributed by atoms with E-state index in [9.17, 15) is 13.2 Å². The van der Waals surface area contributed by atoms with Crippen molar-refractivity contribution < 1.29 is 13.2 Å². The summed E-state index contributed by atoms with van der Waals surface area (Å²) in [5.74, 6) is 1.41. The Bertz CT molecular complexity index is 953. The Morgan fingerprint density at radius 2 is 1.88 bits per heavy atom. The maximum absolute atomic E-state index is 12.6. The molecule has 136 valence electrons. The van der Waals surface area contributed by atoms with Crippen molar-refractivity contribution in [1.82, 2.24) is 14.9 Å². The fourth-order valence-corrected chi connectivity index (χ4v) is 4.15. The average Bonchev–Trinajstić information content (AvgIpc) is 3.30. The highest BCUT2D eigenvalue weighted by atomic mass is 32.2. The minimum atomic E-state index is -3.73.